The summed E-state index contributed by atoms with van der Waals surface area (Å²) in [6, 6.07) is 13.8. The summed E-state index contributed by atoms with van der Waals surface area (Å²) in [7, 11) is 1.82. The fourth-order valence-corrected chi connectivity index (χ4v) is 2.99. The summed E-state index contributed by atoms with van der Waals surface area (Å²) >= 11 is 0. The molecule has 2 aromatic carbocycles. The van der Waals surface area contributed by atoms with E-state index in [1.165, 1.54) is 11.1 Å². The van der Waals surface area contributed by atoms with Crippen molar-refractivity contribution in [2.75, 3.05) is 18.5 Å². The zero-order valence-electron chi connectivity index (χ0n) is 14.1. The molecular formula is C20H22N2O2. The lowest BCUT2D eigenvalue weighted by atomic mass is 9.98. The molecule has 0 aromatic heterocycles. The van der Waals surface area contributed by atoms with Crippen molar-refractivity contribution < 1.29 is 9.59 Å². The third-order valence-corrected chi connectivity index (χ3v) is 4.50. The maximum absolute atomic E-state index is 12.1. The summed E-state index contributed by atoms with van der Waals surface area (Å²) < 4.78 is 0. The first-order chi connectivity index (χ1) is 11.5. The van der Waals surface area contributed by atoms with Crippen LogP contribution in [-0.4, -0.2) is 25.4 Å². The van der Waals surface area contributed by atoms with Gasteiger partial charge in [-0.25, -0.2) is 0 Å². The molecule has 0 saturated carbocycles. The highest BCUT2D eigenvalue weighted by molar-refractivity contribution is 5.96. The number of nitrogens with one attached hydrogen (secondary N) is 1. The Kier molecular flexibility index (Phi) is 4.65. The first-order valence-electron chi connectivity index (χ1n) is 8.28. The number of nitrogens with zero attached hydrogens (tertiary/aromatic N) is 1. The molecule has 0 saturated heterocycles. The van der Waals surface area contributed by atoms with Gasteiger partial charge in [0.2, 0.25) is 5.91 Å². The monoisotopic (exact) mass is 322 g/mol. The van der Waals surface area contributed by atoms with Crippen LogP contribution < -0.4 is 10.2 Å². The fraction of sp³-hybridized carbons (Fsp3) is 0.300. The zero-order valence-corrected chi connectivity index (χ0v) is 14.1. The van der Waals surface area contributed by atoms with E-state index in [9.17, 15) is 9.59 Å². The van der Waals surface area contributed by atoms with E-state index in [0.29, 0.717) is 18.5 Å². The van der Waals surface area contributed by atoms with Crippen LogP contribution in [-0.2, 0) is 17.6 Å². The lowest BCUT2D eigenvalue weighted by molar-refractivity contribution is -0.118. The van der Waals surface area contributed by atoms with E-state index in [0.717, 1.165) is 24.1 Å². The number of hydrogen-bond donors (Lipinski definition) is 1. The number of amides is 2. The maximum Gasteiger partial charge on any atom is 0.251 e. The van der Waals surface area contributed by atoms with Crippen LogP contribution in [0.15, 0.2) is 42.5 Å². The summed E-state index contributed by atoms with van der Waals surface area (Å²) in [5, 5.41) is 2.96. The molecule has 4 nitrogen and oxygen atoms in total. The molecule has 0 unspecified atom stereocenters. The largest absolute Gasteiger partial charge is 0.352 e. The molecule has 1 aliphatic rings. The second-order valence-electron chi connectivity index (χ2n) is 6.29. The molecule has 2 amide bonds. The average molecular weight is 322 g/mol. The minimum atomic E-state index is -0.0432. The Labute approximate surface area is 142 Å². The summed E-state index contributed by atoms with van der Waals surface area (Å²) in [5.41, 5.74) is 5.22. The summed E-state index contributed by atoms with van der Waals surface area (Å²) in [6.07, 6.45) is 2.14. The Morgan fingerprint density at radius 1 is 1.12 bits per heavy atom. The van der Waals surface area contributed by atoms with Gasteiger partial charge in [0, 0.05) is 31.3 Å². The molecule has 1 aliphatic heterocycles. The number of carbonyl (C=O) groups excluding carboxylic acids is 2. The second-order valence-corrected chi connectivity index (χ2v) is 6.29. The Balaban J connectivity index is 1.58. The van der Waals surface area contributed by atoms with E-state index in [-0.39, 0.29) is 11.8 Å². The fourth-order valence-electron chi connectivity index (χ4n) is 2.99. The topological polar surface area (TPSA) is 49.4 Å². The Bertz CT molecular complexity index is 766. The molecule has 1 N–H and O–H groups in total. The van der Waals surface area contributed by atoms with Gasteiger partial charge in [-0.15, -0.1) is 0 Å². The van der Waals surface area contributed by atoms with E-state index in [1.807, 2.05) is 50.4 Å². The van der Waals surface area contributed by atoms with Crippen LogP contribution in [0.3, 0.4) is 0 Å². The molecule has 0 aliphatic carbocycles. The minimum Gasteiger partial charge on any atom is -0.352 e. The van der Waals surface area contributed by atoms with Crippen LogP contribution in [0.25, 0.3) is 0 Å². The smallest absolute Gasteiger partial charge is 0.251 e. The standard InChI is InChI=1S/C20H22N2O2/c1-14-3-6-16(7-4-14)20(24)21-12-11-15-5-9-18-17(13-15)8-10-19(23)22(18)2/h3-7,9,13H,8,10-12H2,1-2H3,(H,21,24). The van der Waals surface area contributed by atoms with E-state index < -0.39 is 0 Å². The molecule has 124 valence electrons. The van der Waals surface area contributed by atoms with Crippen molar-refractivity contribution in [3.05, 3.63) is 64.7 Å². The van der Waals surface area contributed by atoms with E-state index in [1.54, 1.807) is 4.90 Å². The highest BCUT2D eigenvalue weighted by Gasteiger charge is 2.20. The number of aryl methyl sites for hydroxylation is 2. The number of benzene rings is 2. The van der Waals surface area contributed by atoms with E-state index >= 15 is 0 Å². The van der Waals surface area contributed by atoms with Gasteiger partial charge in [0.05, 0.1) is 0 Å². The maximum atomic E-state index is 12.1. The minimum absolute atomic E-state index is 0.0432. The highest BCUT2D eigenvalue weighted by Crippen LogP contribution is 2.27. The first-order valence-corrected chi connectivity index (χ1v) is 8.28. The number of fused-ring (bicyclic) bond motifs is 1. The van der Waals surface area contributed by atoms with Gasteiger partial charge in [0.25, 0.3) is 5.91 Å². The van der Waals surface area contributed by atoms with Crippen LogP contribution in [0, 0.1) is 6.92 Å². The van der Waals surface area contributed by atoms with Gasteiger partial charge in [-0.2, -0.15) is 0 Å². The van der Waals surface area contributed by atoms with Gasteiger partial charge in [0.1, 0.15) is 0 Å². The first kappa shape index (κ1) is 16.2. The Morgan fingerprint density at radius 3 is 2.62 bits per heavy atom. The summed E-state index contributed by atoms with van der Waals surface area (Å²) in [6.45, 7) is 2.60. The van der Waals surface area contributed by atoms with Crippen LogP contribution in [0.1, 0.15) is 33.5 Å². The third-order valence-electron chi connectivity index (χ3n) is 4.50. The molecule has 2 aromatic rings. The SMILES string of the molecule is Cc1ccc(C(=O)NCCc2ccc3c(c2)CCC(=O)N3C)cc1. The van der Waals surface area contributed by atoms with Crippen molar-refractivity contribution in [3.8, 4) is 0 Å². The van der Waals surface area contributed by atoms with Crippen molar-refractivity contribution in [2.45, 2.75) is 26.2 Å². The Morgan fingerprint density at radius 2 is 1.88 bits per heavy atom. The lowest BCUT2D eigenvalue weighted by Gasteiger charge is -2.26. The van der Waals surface area contributed by atoms with Crippen LogP contribution in [0.4, 0.5) is 5.69 Å². The van der Waals surface area contributed by atoms with Crippen molar-refractivity contribution in [3.63, 3.8) is 0 Å². The zero-order chi connectivity index (χ0) is 17.1. The van der Waals surface area contributed by atoms with Gasteiger partial charge in [0.15, 0.2) is 0 Å². The number of carbonyl (C=O) groups is 2. The molecule has 0 bridgehead atoms. The molecule has 0 atom stereocenters. The predicted molar refractivity (Wildman–Crippen MR) is 95.4 cm³/mol. The highest BCUT2D eigenvalue weighted by atomic mass is 16.2. The van der Waals surface area contributed by atoms with Crippen LogP contribution in [0.2, 0.25) is 0 Å². The third kappa shape index (κ3) is 3.48. The van der Waals surface area contributed by atoms with Gasteiger partial charge in [-0.1, -0.05) is 29.8 Å². The van der Waals surface area contributed by atoms with Crippen molar-refractivity contribution in [1.29, 1.82) is 0 Å². The van der Waals surface area contributed by atoms with Crippen molar-refractivity contribution >= 4 is 17.5 Å². The summed E-state index contributed by atoms with van der Waals surface area (Å²) in [5.74, 6) is 0.124. The van der Waals surface area contributed by atoms with Crippen LogP contribution in [0.5, 0.6) is 0 Å². The predicted octanol–water partition coefficient (Wildman–Crippen LogP) is 2.88. The molecule has 1 heterocycles. The number of rotatable bonds is 4. The van der Waals surface area contributed by atoms with Gasteiger partial charge >= 0.3 is 0 Å². The van der Waals surface area contributed by atoms with E-state index in [2.05, 4.69) is 11.4 Å². The normalized spacial score (nSPS) is 13.6. The molecule has 4 heteroatoms. The van der Waals surface area contributed by atoms with Crippen molar-refractivity contribution in [2.24, 2.45) is 0 Å². The molecule has 0 radical (unpaired) electrons. The van der Waals surface area contributed by atoms with Crippen molar-refractivity contribution in [1.82, 2.24) is 5.32 Å². The molecule has 0 fully saturated rings. The van der Waals surface area contributed by atoms with E-state index in [4.69, 9.17) is 0 Å². The average Bonchev–Trinajstić information content (AvgIpc) is 2.59. The number of hydrogen-bond acceptors (Lipinski definition) is 2. The molecule has 3 rings (SSSR count). The molecular weight excluding hydrogens is 300 g/mol. The Hall–Kier alpha value is -2.62. The van der Waals surface area contributed by atoms with Gasteiger partial charge in [-0.3, -0.25) is 9.59 Å². The quantitative estimate of drug-likeness (QED) is 0.941. The van der Waals surface area contributed by atoms with Crippen LogP contribution >= 0.6 is 0 Å². The number of anilines is 1. The van der Waals surface area contributed by atoms with Gasteiger partial charge in [-0.05, 0) is 49.1 Å². The van der Waals surface area contributed by atoms with Gasteiger partial charge < -0.3 is 10.2 Å². The summed E-state index contributed by atoms with van der Waals surface area (Å²) in [4.78, 5) is 25.5. The lowest BCUT2D eigenvalue weighted by Crippen LogP contribution is -2.31. The molecule has 24 heavy (non-hydrogen) atoms. The molecule has 0 spiro atoms. The second kappa shape index (κ2) is 6.87.